The highest BCUT2D eigenvalue weighted by Crippen LogP contribution is 1.98. The van der Waals surface area contributed by atoms with Crippen molar-refractivity contribution in [2.75, 3.05) is 6.26 Å². The van der Waals surface area contributed by atoms with E-state index in [1.165, 1.54) is 6.92 Å². The van der Waals surface area contributed by atoms with Crippen molar-refractivity contribution in [3.05, 3.63) is 22.2 Å². The van der Waals surface area contributed by atoms with E-state index in [0.717, 1.165) is 12.5 Å². The highest BCUT2D eigenvalue weighted by molar-refractivity contribution is 7.90. The van der Waals surface area contributed by atoms with E-state index in [0.29, 0.717) is 0 Å². The second kappa shape index (κ2) is 2.71. The summed E-state index contributed by atoms with van der Waals surface area (Å²) >= 11 is 0. The maximum atomic E-state index is 10.9. The molecule has 12 heavy (non-hydrogen) atoms. The third-order valence-corrected chi connectivity index (χ3v) is 2.35. The maximum Gasteiger partial charge on any atom is 0.270 e. The van der Waals surface area contributed by atoms with Crippen molar-refractivity contribution in [1.29, 1.82) is 0 Å². The lowest BCUT2D eigenvalue weighted by molar-refractivity contribution is 0.597. The third kappa shape index (κ3) is 1.70. The van der Waals surface area contributed by atoms with Gasteiger partial charge in [-0.3, -0.25) is 9.78 Å². The molecule has 0 aliphatic heterocycles. The Hall–Kier alpha value is -1.17. The molecular formula is C6H8N2O3S. The highest BCUT2D eigenvalue weighted by Gasteiger charge is 2.08. The van der Waals surface area contributed by atoms with Crippen LogP contribution in [0.5, 0.6) is 0 Å². The Morgan fingerprint density at radius 1 is 1.50 bits per heavy atom. The molecule has 0 aliphatic carbocycles. The molecule has 0 saturated heterocycles. The number of sulfone groups is 1. The van der Waals surface area contributed by atoms with Gasteiger partial charge in [0, 0.05) is 6.26 Å². The number of aromatic nitrogens is 2. The summed E-state index contributed by atoms with van der Waals surface area (Å²) in [7, 11) is -3.36. The molecule has 6 heteroatoms. The van der Waals surface area contributed by atoms with E-state index < -0.39 is 15.4 Å². The number of hydrogen-bond acceptors (Lipinski definition) is 4. The van der Waals surface area contributed by atoms with Gasteiger partial charge in [-0.1, -0.05) is 0 Å². The fourth-order valence-electron chi connectivity index (χ4n) is 0.637. The molecule has 0 bridgehead atoms. The molecule has 1 aromatic heterocycles. The zero-order valence-corrected chi connectivity index (χ0v) is 7.47. The quantitative estimate of drug-likeness (QED) is 0.643. The van der Waals surface area contributed by atoms with Gasteiger partial charge in [0.25, 0.3) is 5.56 Å². The summed E-state index contributed by atoms with van der Waals surface area (Å²) in [5.74, 6) is 0. The summed E-state index contributed by atoms with van der Waals surface area (Å²) < 4.78 is 21.8. The first kappa shape index (κ1) is 8.92. The van der Waals surface area contributed by atoms with Crippen molar-refractivity contribution in [3.8, 4) is 0 Å². The maximum absolute atomic E-state index is 10.9. The fourth-order valence-corrected chi connectivity index (χ4v) is 1.16. The van der Waals surface area contributed by atoms with Crippen molar-refractivity contribution in [1.82, 2.24) is 9.97 Å². The lowest BCUT2D eigenvalue weighted by Gasteiger charge is -1.96. The smallest absolute Gasteiger partial charge is 0.270 e. The lowest BCUT2D eigenvalue weighted by atomic mass is 10.5. The number of aromatic amines is 1. The summed E-state index contributed by atoms with van der Waals surface area (Å²) in [6.45, 7) is 1.50. The molecule has 0 spiro atoms. The third-order valence-electron chi connectivity index (χ3n) is 1.34. The summed E-state index contributed by atoms with van der Waals surface area (Å²) in [4.78, 5) is 16.7. The van der Waals surface area contributed by atoms with Crippen molar-refractivity contribution < 1.29 is 8.42 Å². The number of H-pyrrole nitrogens is 1. The van der Waals surface area contributed by atoms with Crippen molar-refractivity contribution in [2.45, 2.75) is 11.9 Å². The average molecular weight is 188 g/mol. The second-order valence-corrected chi connectivity index (χ2v) is 4.42. The monoisotopic (exact) mass is 188 g/mol. The number of nitrogens with zero attached hydrogens (tertiary/aromatic N) is 1. The molecule has 0 unspecified atom stereocenters. The average Bonchev–Trinajstić information content (AvgIpc) is 1.92. The molecule has 0 fully saturated rings. The summed E-state index contributed by atoms with van der Waals surface area (Å²) in [6.07, 6.45) is 2.14. The van der Waals surface area contributed by atoms with Gasteiger partial charge < -0.3 is 4.98 Å². The number of aryl methyl sites for hydroxylation is 1. The summed E-state index contributed by atoms with van der Waals surface area (Å²) in [5.41, 5.74) is -0.222. The van der Waals surface area contributed by atoms with Gasteiger partial charge in [0.15, 0.2) is 14.9 Å². The Morgan fingerprint density at radius 2 is 2.08 bits per heavy atom. The Balaban J connectivity index is 3.43. The summed E-state index contributed by atoms with van der Waals surface area (Å²) in [6, 6.07) is 0. The van der Waals surface area contributed by atoms with Crippen LogP contribution in [0.1, 0.15) is 5.69 Å². The molecule has 5 nitrogen and oxygen atoms in total. The molecule has 1 aromatic rings. The minimum absolute atomic E-state index is 0.155. The number of hydrogen-bond donors (Lipinski definition) is 1. The highest BCUT2D eigenvalue weighted by atomic mass is 32.2. The van der Waals surface area contributed by atoms with Gasteiger partial charge in [0.1, 0.15) is 5.69 Å². The van der Waals surface area contributed by atoms with Gasteiger partial charge in [0.05, 0.1) is 6.20 Å². The molecule has 1 rings (SSSR count). The van der Waals surface area contributed by atoms with E-state index in [9.17, 15) is 13.2 Å². The summed E-state index contributed by atoms with van der Waals surface area (Å²) in [5, 5.41) is -0.155. The molecule has 1 heterocycles. The first-order valence-electron chi connectivity index (χ1n) is 3.17. The second-order valence-electron chi connectivity index (χ2n) is 2.43. The molecule has 0 saturated carbocycles. The van der Waals surface area contributed by atoms with Crippen LogP contribution in [0.3, 0.4) is 0 Å². The van der Waals surface area contributed by atoms with Gasteiger partial charge >= 0.3 is 0 Å². The fraction of sp³-hybridized carbons (Fsp3) is 0.333. The standard InChI is InChI=1S/C6H8N2O3S/c1-4-6(9)8-5(3-7-4)12(2,10)11/h3H,1-2H3,(H,8,9). The van der Waals surface area contributed by atoms with Gasteiger partial charge in [-0.2, -0.15) is 0 Å². The lowest BCUT2D eigenvalue weighted by Crippen LogP contribution is -2.15. The topological polar surface area (TPSA) is 79.9 Å². The molecule has 0 aromatic carbocycles. The molecule has 0 radical (unpaired) electrons. The van der Waals surface area contributed by atoms with Crippen LogP contribution in [0.25, 0.3) is 0 Å². The van der Waals surface area contributed by atoms with Crippen molar-refractivity contribution >= 4 is 9.84 Å². The van der Waals surface area contributed by atoms with Crippen LogP contribution in [0, 0.1) is 6.92 Å². The Bertz CT molecular complexity index is 446. The van der Waals surface area contributed by atoms with Crippen molar-refractivity contribution in [3.63, 3.8) is 0 Å². The molecule has 1 N–H and O–H groups in total. The predicted molar refractivity (Wildman–Crippen MR) is 42.7 cm³/mol. The number of nitrogens with one attached hydrogen (secondary N) is 1. The molecule has 0 atom stereocenters. The van der Waals surface area contributed by atoms with Gasteiger partial charge in [-0.05, 0) is 6.92 Å². The van der Waals surface area contributed by atoms with Gasteiger partial charge in [0.2, 0.25) is 0 Å². The van der Waals surface area contributed by atoms with Gasteiger partial charge in [-0.15, -0.1) is 0 Å². The minimum Gasteiger partial charge on any atom is -0.310 e. The van der Waals surface area contributed by atoms with Crippen molar-refractivity contribution in [2.24, 2.45) is 0 Å². The Morgan fingerprint density at radius 3 is 2.50 bits per heavy atom. The largest absolute Gasteiger partial charge is 0.310 e. The SMILES string of the molecule is Cc1ncc(S(C)(=O)=O)[nH]c1=O. The molecule has 66 valence electrons. The normalized spacial score (nSPS) is 11.5. The molecule has 0 amide bonds. The van der Waals surface area contributed by atoms with Crippen LogP contribution in [0.4, 0.5) is 0 Å². The molecule has 0 aliphatic rings. The van der Waals surface area contributed by atoms with Crippen LogP contribution in [0.2, 0.25) is 0 Å². The van der Waals surface area contributed by atoms with E-state index in [4.69, 9.17) is 0 Å². The van der Waals surface area contributed by atoms with Crippen LogP contribution in [-0.2, 0) is 9.84 Å². The van der Waals surface area contributed by atoms with E-state index in [1.54, 1.807) is 0 Å². The minimum atomic E-state index is -3.36. The first-order chi connectivity index (χ1) is 5.41. The number of rotatable bonds is 1. The van der Waals surface area contributed by atoms with Crippen LogP contribution in [-0.4, -0.2) is 24.6 Å². The first-order valence-corrected chi connectivity index (χ1v) is 5.06. The Labute approximate surface area is 69.4 Å². The van der Waals surface area contributed by atoms with Crippen LogP contribution in [0.15, 0.2) is 16.0 Å². The van der Waals surface area contributed by atoms with Crippen LogP contribution >= 0.6 is 0 Å². The van der Waals surface area contributed by atoms with E-state index in [1.807, 2.05) is 0 Å². The predicted octanol–water partition coefficient (Wildman–Crippen LogP) is -0.518. The van der Waals surface area contributed by atoms with E-state index in [2.05, 4.69) is 9.97 Å². The zero-order chi connectivity index (χ0) is 9.35. The van der Waals surface area contributed by atoms with Crippen LogP contribution < -0.4 is 5.56 Å². The Kier molecular flexibility index (Phi) is 2.01. The molecular weight excluding hydrogens is 180 g/mol. The van der Waals surface area contributed by atoms with Gasteiger partial charge in [-0.25, -0.2) is 8.42 Å². The van der Waals surface area contributed by atoms with E-state index >= 15 is 0 Å². The van der Waals surface area contributed by atoms with E-state index in [-0.39, 0.29) is 10.7 Å². The zero-order valence-electron chi connectivity index (χ0n) is 6.66.